The maximum atomic E-state index is 13.5. The molecule has 0 bridgehead atoms. The van der Waals surface area contributed by atoms with E-state index in [1.165, 1.54) is 12.0 Å². The maximum absolute atomic E-state index is 13.5. The zero-order valence-electron chi connectivity index (χ0n) is 19.9. The molecule has 1 atom stereocenters. The number of methoxy groups -OCH3 is 2. The fourth-order valence-corrected chi connectivity index (χ4v) is 4.10. The molecule has 0 radical (unpaired) electrons. The number of hydrogen-bond donors (Lipinski definition) is 1. The Morgan fingerprint density at radius 2 is 1.66 bits per heavy atom. The van der Waals surface area contributed by atoms with E-state index < -0.39 is 18.0 Å². The van der Waals surface area contributed by atoms with Crippen LogP contribution in [0.15, 0.2) is 72.8 Å². The summed E-state index contributed by atoms with van der Waals surface area (Å²) in [6.45, 7) is 2.01. The Labute approximate surface area is 204 Å². The Kier molecular flexibility index (Phi) is 7.01. The molecule has 3 aromatic carbocycles. The van der Waals surface area contributed by atoms with Crippen LogP contribution >= 0.6 is 0 Å². The van der Waals surface area contributed by atoms with Crippen molar-refractivity contribution in [2.75, 3.05) is 24.4 Å². The van der Waals surface area contributed by atoms with Gasteiger partial charge in [-0.2, -0.15) is 0 Å². The van der Waals surface area contributed by atoms with Crippen LogP contribution in [0.2, 0.25) is 0 Å². The van der Waals surface area contributed by atoms with Gasteiger partial charge in [-0.15, -0.1) is 0 Å². The number of nitrogens with zero attached hydrogens (tertiary/aromatic N) is 2. The minimum Gasteiger partial charge on any atom is -0.493 e. The van der Waals surface area contributed by atoms with Crippen LogP contribution < -0.4 is 19.7 Å². The second-order valence-corrected chi connectivity index (χ2v) is 8.25. The largest absolute Gasteiger partial charge is 0.493 e. The number of para-hydroxylation sites is 1. The number of ether oxygens (including phenoxy) is 2. The van der Waals surface area contributed by atoms with Gasteiger partial charge in [-0.25, -0.2) is 9.69 Å². The topological polar surface area (TPSA) is 88.2 Å². The Morgan fingerprint density at radius 1 is 0.914 bits per heavy atom. The second-order valence-electron chi connectivity index (χ2n) is 8.25. The first-order valence-electron chi connectivity index (χ1n) is 11.2. The van der Waals surface area contributed by atoms with Crippen LogP contribution in [0.5, 0.6) is 11.5 Å². The van der Waals surface area contributed by atoms with Crippen molar-refractivity contribution in [1.82, 2.24) is 4.90 Å². The molecule has 0 aromatic heterocycles. The van der Waals surface area contributed by atoms with E-state index in [1.54, 1.807) is 55.6 Å². The van der Waals surface area contributed by atoms with Gasteiger partial charge in [-0.1, -0.05) is 36.4 Å². The monoisotopic (exact) mass is 473 g/mol. The summed E-state index contributed by atoms with van der Waals surface area (Å²) >= 11 is 0. The number of aryl methyl sites for hydroxylation is 1. The highest BCUT2D eigenvalue weighted by atomic mass is 16.5. The Bertz CT molecular complexity index is 1240. The van der Waals surface area contributed by atoms with E-state index in [0.29, 0.717) is 22.9 Å². The lowest BCUT2D eigenvalue weighted by atomic mass is 10.1. The molecule has 0 unspecified atom stereocenters. The molecule has 4 amide bonds. The molecule has 1 aliphatic rings. The first-order chi connectivity index (χ1) is 16.9. The van der Waals surface area contributed by atoms with Gasteiger partial charge in [0.1, 0.15) is 6.04 Å². The minimum atomic E-state index is -0.958. The zero-order chi connectivity index (χ0) is 24.9. The smallest absolute Gasteiger partial charge is 0.332 e. The van der Waals surface area contributed by atoms with E-state index in [4.69, 9.17) is 9.47 Å². The molecule has 3 aromatic rings. The van der Waals surface area contributed by atoms with Crippen LogP contribution in [0, 0.1) is 6.92 Å². The van der Waals surface area contributed by atoms with Gasteiger partial charge >= 0.3 is 6.03 Å². The van der Waals surface area contributed by atoms with Gasteiger partial charge in [-0.3, -0.25) is 9.59 Å². The van der Waals surface area contributed by atoms with Crippen LogP contribution in [0.25, 0.3) is 0 Å². The third-order valence-electron chi connectivity index (χ3n) is 5.82. The number of benzene rings is 3. The summed E-state index contributed by atoms with van der Waals surface area (Å²) in [5, 5.41) is 2.80. The van der Waals surface area contributed by atoms with Gasteiger partial charge < -0.3 is 19.7 Å². The number of urea groups is 1. The highest BCUT2D eigenvalue weighted by molar-refractivity contribution is 6.22. The lowest BCUT2D eigenvalue weighted by molar-refractivity contribution is -0.124. The number of nitrogens with one attached hydrogen (secondary N) is 1. The predicted octanol–water partition coefficient (Wildman–Crippen LogP) is 4.38. The molecular formula is C27H27N3O5. The average Bonchev–Trinajstić information content (AvgIpc) is 3.08. The minimum absolute atomic E-state index is 0.122. The molecular weight excluding hydrogens is 446 g/mol. The first-order valence-corrected chi connectivity index (χ1v) is 11.2. The fraction of sp³-hybridized carbons (Fsp3) is 0.222. The Balaban J connectivity index is 1.64. The quantitative estimate of drug-likeness (QED) is 0.491. The van der Waals surface area contributed by atoms with Crippen molar-refractivity contribution in [3.63, 3.8) is 0 Å². The lowest BCUT2D eigenvalue weighted by Gasteiger charge is -2.22. The summed E-state index contributed by atoms with van der Waals surface area (Å²) in [7, 11) is 3.07. The SMILES string of the molecule is COc1ccc(CN2C(=O)N(c3cccc(C)c3)C(=O)[C@@H]2CC(=O)Nc2ccccc2)cc1OC. The maximum Gasteiger partial charge on any atom is 0.332 e. The van der Waals surface area contributed by atoms with Crippen molar-refractivity contribution < 1.29 is 23.9 Å². The number of rotatable bonds is 8. The predicted molar refractivity (Wildman–Crippen MR) is 133 cm³/mol. The summed E-state index contributed by atoms with van der Waals surface area (Å²) in [6, 6.07) is 20.0. The van der Waals surface area contributed by atoms with Gasteiger partial charge in [0.2, 0.25) is 5.91 Å². The summed E-state index contributed by atoms with van der Waals surface area (Å²) < 4.78 is 10.7. The number of hydrogen-bond acceptors (Lipinski definition) is 5. The summed E-state index contributed by atoms with van der Waals surface area (Å²) in [6.07, 6.45) is -0.172. The summed E-state index contributed by atoms with van der Waals surface area (Å²) in [5.74, 6) is 0.271. The van der Waals surface area contributed by atoms with Crippen LogP contribution in [-0.4, -0.2) is 43.0 Å². The molecule has 1 fully saturated rings. The number of amides is 4. The first kappa shape index (κ1) is 23.8. The molecule has 0 spiro atoms. The highest BCUT2D eigenvalue weighted by Gasteiger charge is 2.46. The number of imide groups is 1. The number of anilines is 2. The Morgan fingerprint density at radius 3 is 2.34 bits per heavy atom. The summed E-state index contributed by atoms with van der Waals surface area (Å²) in [5.41, 5.74) is 2.75. The molecule has 1 N–H and O–H groups in total. The van der Waals surface area contributed by atoms with Gasteiger partial charge in [0.05, 0.1) is 26.3 Å². The van der Waals surface area contributed by atoms with Crippen molar-refractivity contribution in [2.24, 2.45) is 0 Å². The molecule has 180 valence electrons. The normalized spacial score (nSPS) is 15.3. The lowest BCUT2D eigenvalue weighted by Crippen LogP contribution is -2.37. The van der Waals surface area contributed by atoms with Crippen LogP contribution in [-0.2, 0) is 16.1 Å². The standard InChI is InChI=1S/C27H27N3O5/c1-18-8-7-11-21(14-18)30-26(32)22(16-25(31)28-20-9-5-4-6-10-20)29(27(30)33)17-19-12-13-23(34-2)24(15-19)35-3/h4-15,22H,16-17H2,1-3H3,(H,28,31)/t22-/m0/s1. The van der Waals surface area contributed by atoms with Crippen LogP contribution in [0.3, 0.4) is 0 Å². The molecule has 35 heavy (non-hydrogen) atoms. The second kappa shape index (κ2) is 10.3. The van der Waals surface area contributed by atoms with E-state index in [1.807, 2.05) is 31.2 Å². The van der Waals surface area contributed by atoms with Crippen molar-refractivity contribution in [1.29, 1.82) is 0 Å². The molecule has 8 heteroatoms. The number of carbonyl (C=O) groups is 3. The van der Waals surface area contributed by atoms with Gasteiger partial charge in [0, 0.05) is 12.2 Å². The van der Waals surface area contributed by atoms with E-state index in [9.17, 15) is 14.4 Å². The molecule has 1 saturated heterocycles. The van der Waals surface area contributed by atoms with Crippen molar-refractivity contribution >= 4 is 29.2 Å². The average molecular weight is 474 g/mol. The molecule has 4 rings (SSSR count). The molecule has 1 heterocycles. The molecule has 0 aliphatic carbocycles. The highest BCUT2D eigenvalue weighted by Crippen LogP contribution is 2.32. The van der Waals surface area contributed by atoms with E-state index >= 15 is 0 Å². The van der Waals surface area contributed by atoms with Gasteiger partial charge in [-0.05, 0) is 54.4 Å². The third-order valence-corrected chi connectivity index (χ3v) is 5.82. The van der Waals surface area contributed by atoms with Crippen molar-refractivity contribution in [3.8, 4) is 11.5 Å². The van der Waals surface area contributed by atoms with Crippen molar-refractivity contribution in [3.05, 3.63) is 83.9 Å². The Hall–Kier alpha value is -4.33. The van der Waals surface area contributed by atoms with E-state index in [0.717, 1.165) is 16.0 Å². The summed E-state index contributed by atoms with van der Waals surface area (Å²) in [4.78, 5) is 42.4. The van der Waals surface area contributed by atoms with Crippen LogP contribution in [0.1, 0.15) is 17.5 Å². The van der Waals surface area contributed by atoms with Crippen LogP contribution in [0.4, 0.5) is 16.2 Å². The molecule has 8 nitrogen and oxygen atoms in total. The van der Waals surface area contributed by atoms with Gasteiger partial charge in [0.25, 0.3) is 5.91 Å². The molecule has 0 saturated carbocycles. The van der Waals surface area contributed by atoms with Gasteiger partial charge in [0.15, 0.2) is 11.5 Å². The van der Waals surface area contributed by atoms with E-state index in [-0.39, 0.29) is 18.9 Å². The third kappa shape index (κ3) is 5.11. The van der Waals surface area contributed by atoms with E-state index in [2.05, 4.69) is 5.32 Å². The fourth-order valence-electron chi connectivity index (χ4n) is 4.10. The van der Waals surface area contributed by atoms with Crippen molar-refractivity contribution in [2.45, 2.75) is 25.9 Å². The number of carbonyl (C=O) groups excluding carboxylic acids is 3. The zero-order valence-corrected chi connectivity index (χ0v) is 19.9. The molecule has 1 aliphatic heterocycles.